The predicted octanol–water partition coefficient (Wildman–Crippen LogP) is 0.849. The van der Waals surface area contributed by atoms with Crippen LogP contribution in [0.15, 0.2) is 4.99 Å². The molecule has 6 heavy (non-hydrogen) atoms. The highest BCUT2D eigenvalue weighted by atomic mass is 15.0. The van der Waals surface area contributed by atoms with E-state index in [0.29, 0.717) is 0 Å². The second-order valence-electron chi connectivity index (χ2n) is 2.21. The average Bonchev–Trinajstić information content (AvgIpc) is 2.12. The molecule has 0 bridgehead atoms. The fourth-order valence-corrected chi connectivity index (χ4v) is 1.07. The molecule has 0 radical (unpaired) electrons. The normalized spacial score (nSPS) is 49.2. The lowest BCUT2D eigenvalue weighted by Crippen LogP contribution is -2.21. The Morgan fingerprint density at radius 3 is 2.67 bits per heavy atom. The van der Waals surface area contributed by atoms with Gasteiger partial charge in [-0.3, -0.25) is 4.99 Å². The van der Waals surface area contributed by atoms with Gasteiger partial charge < -0.3 is 0 Å². The van der Waals surface area contributed by atoms with Gasteiger partial charge in [-0.15, -0.1) is 0 Å². The lowest BCUT2D eigenvalue weighted by Gasteiger charge is -2.13. The van der Waals surface area contributed by atoms with Crippen LogP contribution in [0.4, 0.5) is 0 Å². The lowest BCUT2D eigenvalue weighted by atomic mass is 9.87. The van der Waals surface area contributed by atoms with E-state index in [0.717, 1.165) is 12.0 Å². The van der Waals surface area contributed by atoms with Gasteiger partial charge in [0, 0.05) is 5.71 Å². The summed E-state index contributed by atoms with van der Waals surface area (Å²) >= 11 is 0. The SMILES string of the molecule is CC1CC2N=C12. The van der Waals surface area contributed by atoms with Crippen LogP contribution < -0.4 is 0 Å². The molecule has 2 rings (SSSR count). The van der Waals surface area contributed by atoms with Crippen molar-refractivity contribution in [3.8, 4) is 0 Å². The summed E-state index contributed by atoms with van der Waals surface area (Å²) < 4.78 is 0. The molecule has 0 aromatic rings. The van der Waals surface area contributed by atoms with E-state index in [2.05, 4.69) is 11.9 Å². The molecule has 0 spiro atoms. The Balaban J connectivity index is 2.22. The highest BCUT2D eigenvalue weighted by molar-refractivity contribution is 6.07. The third kappa shape index (κ3) is 0.140. The maximum absolute atomic E-state index is 4.16. The molecule has 0 aromatic carbocycles. The fourth-order valence-electron chi connectivity index (χ4n) is 1.07. The first-order valence-electron chi connectivity index (χ1n) is 2.45. The molecule has 32 valence electrons. The molecule has 0 amide bonds. The first-order valence-corrected chi connectivity index (χ1v) is 2.45. The van der Waals surface area contributed by atoms with Gasteiger partial charge in [0.05, 0.1) is 6.04 Å². The summed E-state index contributed by atoms with van der Waals surface area (Å²) in [7, 11) is 0. The van der Waals surface area contributed by atoms with Gasteiger partial charge in [0.2, 0.25) is 0 Å². The van der Waals surface area contributed by atoms with E-state index >= 15 is 0 Å². The summed E-state index contributed by atoms with van der Waals surface area (Å²) in [6, 6.07) is 0.750. The second-order valence-corrected chi connectivity index (χ2v) is 2.21. The molecule has 1 fully saturated rings. The average molecular weight is 81.1 g/mol. The first-order chi connectivity index (χ1) is 2.88. The zero-order chi connectivity index (χ0) is 4.15. The zero-order valence-electron chi connectivity index (χ0n) is 3.81. The maximum Gasteiger partial charge on any atom is 0.0885 e. The summed E-state index contributed by atoms with van der Waals surface area (Å²) in [4.78, 5) is 4.16. The molecular weight excluding hydrogens is 74.1 g/mol. The number of fused-ring (bicyclic) bond motifs is 1. The first kappa shape index (κ1) is 2.78. The Bertz CT molecular complexity index is 115. The smallest absolute Gasteiger partial charge is 0.0885 e. The number of nitrogens with zero attached hydrogens (tertiary/aromatic N) is 1. The van der Waals surface area contributed by atoms with E-state index in [9.17, 15) is 0 Å². The Morgan fingerprint density at radius 2 is 2.67 bits per heavy atom. The van der Waals surface area contributed by atoms with Crippen molar-refractivity contribution in [2.45, 2.75) is 19.4 Å². The Labute approximate surface area is 37.1 Å². The highest BCUT2D eigenvalue weighted by Gasteiger charge is 2.43. The molecular formula is C5H7N. The summed E-state index contributed by atoms with van der Waals surface area (Å²) in [5.41, 5.74) is 1.48. The van der Waals surface area contributed by atoms with E-state index in [4.69, 9.17) is 0 Å². The van der Waals surface area contributed by atoms with Crippen molar-refractivity contribution in [3.63, 3.8) is 0 Å². The second kappa shape index (κ2) is 0.552. The summed E-state index contributed by atoms with van der Waals surface area (Å²) in [5, 5.41) is 0. The van der Waals surface area contributed by atoms with Crippen LogP contribution >= 0.6 is 0 Å². The van der Waals surface area contributed by atoms with Gasteiger partial charge in [0.1, 0.15) is 0 Å². The number of hydrogen-bond acceptors (Lipinski definition) is 1. The minimum atomic E-state index is 0.750. The molecule has 1 saturated carbocycles. The third-order valence-electron chi connectivity index (χ3n) is 1.66. The largest absolute Gasteiger partial charge is 0.282 e. The monoisotopic (exact) mass is 81.1 g/mol. The minimum Gasteiger partial charge on any atom is -0.282 e. The van der Waals surface area contributed by atoms with Crippen LogP contribution in [0.2, 0.25) is 0 Å². The van der Waals surface area contributed by atoms with Gasteiger partial charge in [-0.05, 0) is 12.3 Å². The molecule has 2 aliphatic rings. The number of aliphatic imine (C=N–C) groups is 1. The van der Waals surface area contributed by atoms with Crippen molar-refractivity contribution in [2.75, 3.05) is 0 Å². The molecule has 1 aliphatic carbocycles. The van der Waals surface area contributed by atoms with Gasteiger partial charge in [-0.25, -0.2) is 0 Å². The van der Waals surface area contributed by atoms with Crippen LogP contribution in [0.1, 0.15) is 13.3 Å². The van der Waals surface area contributed by atoms with Crippen molar-refractivity contribution in [2.24, 2.45) is 10.9 Å². The van der Waals surface area contributed by atoms with Crippen molar-refractivity contribution < 1.29 is 0 Å². The lowest BCUT2D eigenvalue weighted by molar-refractivity contribution is 0.626. The molecule has 1 nitrogen and oxygen atoms in total. The number of rotatable bonds is 0. The van der Waals surface area contributed by atoms with Crippen LogP contribution in [0.3, 0.4) is 0 Å². The molecule has 1 heteroatoms. The summed E-state index contributed by atoms with van der Waals surface area (Å²) in [5.74, 6) is 0.856. The van der Waals surface area contributed by atoms with Crippen molar-refractivity contribution >= 4 is 5.71 Å². The molecule has 0 saturated heterocycles. The van der Waals surface area contributed by atoms with Gasteiger partial charge >= 0.3 is 0 Å². The minimum absolute atomic E-state index is 0.750. The molecule has 0 aromatic heterocycles. The van der Waals surface area contributed by atoms with E-state index in [-0.39, 0.29) is 0 Å². The van der Waals surface area contributed by atoms with Crippen LogP contribution in [0.25, 0.3) is 0 Å². The fraction of sp³-hybridized carbons (Fsp3) is 0.800. The Morgan fingerprint density at radius 1 is 1.83 bits per heavy atom. The van der Waals surface area contributed by atoms with Crippen molar-refractivity contribution in [1.82, 2.24) is 0 Å². The summed E-state index contributed by atoms with van der Waals surface area (Å²) in [6.45, 7) is 2.24. The van der Waals surface area contributed by atoms with Gasteiger partial charge in [0.15, 0.2) is 0 Å². The van der Waals surface area contributed by atoms with E-state index in [1.54, 1.807) is 0 Å². The highest BCUT2D eigenvalue weighted by Crippen LogP contribution is 2.37. The maximum atomic E-state index is 4.16. The third-order valence-corrected chi connectivity index (χ3v) is 1.66. The van der Waals surface area contributed by atoms with Gasteiger partial charge in [-0.2, -0.15) is 0 Å². The van der Waals surface area contributed by atoms with Gasteiger partial charge in [0.25, 0.3) is 0 Å². The quantitative estimate of drug-likeness (QED) is 0.410. The predicted molar refractivity (Wildman–Crippen MR) is 25.0 cm³/mol. The zero-order valence-corrected chi connectivity index (χ0v) is 3.81. The summed E-state index contributed by atoms with van der Waals surface area (Å²) in [6.07, 6.45) is 1.34. The van der Waals surface area contributed by atoms with Crippen molar-refractivity contribution in [3.05, 3.63) is 0 Å². The van der Waals surface area contributed by atoms with Gasteiger partial charge in [-0.1, -0.05) is 6.92 Å². The van der Waals surface area contributed by atoms with Crippen LogP contribution in [-0.2, 0) is 0 Å². The van der Waals surface area contributed by atoms with Crippen LogP contribution in [0.5, 0.6) is 0 Å². The van der Waals surface area contributed by atoms with E-state index in [1.807, 2.05) is 0 Å². The molecule has 1 heterocycles. The molecule has 0 N–H and O–H groups in total. The standard InChI is InChI=1S/C5H7N/c1-3-2-4-5(3)6-4/h3-4H,2H2,1H3. The van der Waals surface area contributed by atoms with E-state index in [1.165, 1.54) is 12.1 Å². The number of hydrogen-bond donors (Lipinski definition) is 0. The van der Waals surface area contributed by atoms with Crippen LogP contribution in [0, 0.1) is 5.92 Å². The molecule has 2 atom stereocenters. The topological polar surface area (TPSA) is 12.4 Å². The van der Waals surface area contributed by atoms with E-state index < -0.39 is 0 Å². The van der Waals surface area contributed by atoms with Crippen molar-refractivity contribution in [1.29, 1.82) is 0 Å². The Hall–Kier alpha value is -0.330. The van der Waals surface area contributed by atoms with Crippen LogP contribution in [-0.4, -0.2) is 11.8 Å². The molecule has 2 unspecified atom stereocenters. The molecule has 1 aliphatic heterocycles. The Kier molecular flexibility index (Phi) is 0.256.